The Kier molecular flexibility index (Phi) is 4.57. The summed E-state index contributed by atoms with van der Waals surface area (Å²) < 4.78 is 48.8. The van der Waals surface area contributed by atoms with Crippen LogP contribution < -0.4 is 5.73 Å². The van der Waals surface area contributed by atoms with Gasteiger partial charge in [-0.2, -0.15) is 4.31 Å². The number of rotatable bonds is 4. The lowest BCUT2D eigenvalue weighted by Crippen LogP contribution is -2.41. The molecular weight excluding hydrogens is 405 g/mol. The number of nitrogens with zero attached hydrogens (tertiary/aromatic N) is 2. The first-order valence-corrected chi connectivity index (χ1v) is 11.1. The van der Waals surface area contributed by atoms with E-state index in [1.165, 1.54) is 16.6 Å². The molecular formula is C22H20FN3O3S. The fraction of sp³-hybridized carbons (Fsp3) is 0.227. The monoisotopic (exact) mass is 425 g/mol. The lowest BCUT2D eigenvalue weighted by Gasteiger charge is -2.27. The molecule has 0 aliphatic carbocycles. The number of hydrogen-bond donors (Lipinski definition) is 1. The van der Waals surface area contributed by atoms with Crippen LogP contribution in [0.5, 0.6) is 0 Å². The zero-order chi connectivity index (χ0) is 20.9. The fourth-order valence-corrected chi connectivity index (χ4v) is 6.07. The number of benzene rings is 2. The lowest BCUT2D eigenvalue weighted by atomic mass is 10.0. The second kappa shape index (κ2) is 7.16. The Bertz CT molecular complexity index is 1210. The van der Waals surface area contributed by atoms with Crippen molar-refractivity contribution < 1.29 is 17.5 Å². The summed E-state index contributed by atoms with van der Waals surface area (Å²) in [5, 5.41) is 0. The quantitative estimate of drug-likeness (QED) is 0.693. The molecule has 2 aromatic carbocycles. The van der Waals surface area contributed by atoms with E-state index in [2.05, 4.69) is 4.98 Å². The van der Waals surface area contributed by atoms with Gasteiger partial charge in [0.15, 0.2) is 0 Å². The highest BCUT2D eigenvalue weighted by atomic mass is 32.2. The van der Waals surface area contributed by atoms with Crippen molar-refractivity contribution in [3.05, 3.63) is 66.6 Å². The number of nitrogens with two attached hydrogens (primary N) is 1. The van der Waals surface area contributed by atoms with Crippen LogP contribution in [0, 0.1) is 5.82 Å². The molecule has 2 unspecified atom stereocenters. The molecule has 30 heavy (non-hydrogen) atoms. The molecule has 6 nitrogen and oxygen atoms in total. The average Bonchev–Trinajstić information content (AvgIpc) is 3.39. The maximum atomic E-state index is 14.9. The highest BCUT2D eigenvalue weighted by Crippen LogP contribution is 2.37. The summed E-state index contributed by atoms with van der Waals surface area (Å²) >= 11 is 0. The molecule has 0 amide bonds. The molecule has 2 bridgehead atoms. The molecule has 5 rings (SSSR count). The number of anilines is 1. The van der Waals surface area contributed by atoms with Crippen molar-refractivity contribution in [2.45, 2.75) is 23.5 Å². The van der Waals surface area contributed by atoms with E-state index in [9.17, 15) is 12.8 Å². The molecule has 8 heteroatoms. The Hall–Kier alpha value is -2.81. The molecule has 2 aliphatic rings. The number of ether oxygens (including phenoxy) is 1. The van der Waals surface area contributed by atoms with Crippen LogP contribution >= 0.6 is 0 Å². The third-order valence-corrected chi connectivity index (χ3v) is 7.68. The van der Waals surface area contributed by atoms with E-state index in [1.807, 2.05) is 0 Å². The normalized spacial score (nSPS) is 21.2. The Morgan fingerprint density at radius 2 is 1.87 bits per heavy atom. The Morgan fingerprint density at radius 3 is 2.53 bits per heavy atom. The van der Waals surface area contributed by atoms with E-state index < -0.39 is 15.8 Å². The molecule has 2 aliphatic heterocycles. The maximum absolute atomic E-state index is 14.9. The summed E-state index contributed by atoms with van der Waals surface area (Å²) in [4.78, 5) is 4.18. The van der Waals surface area contributed by atoms with Crippen LogP contribution in [0.15, 0.2) is 65.7 Å². The van der Waals surface area contributed by atoms with Crippen molar-refractivity contribution in [1.29, 1.82) is 0 Å². The van der Waals surface area contributed by atoms with Gasteiger partial charge in [-0.25, -0.2) is 17.8 Å². The number of halogens is 1. The van der Waals surface area contributed by atoms with Gasteiger partial charge in [0.2, 0.25) is 10.0 Å². The van der Waals surface area contributed by atoms with E-state index in [1.54, 1.807) is 48.5 Å². The van der Waals surface area contributed by atoms with Gasteiger partial charge in [-0.3, -0.25) is 0 Å². The zero-order valence-electron chi connectivity index (χ0n) is 16.0. The Balaban J connectivity index is 1.54. The van der Waals surface area contributed by atoms with Gasteiger partial charge >= 0.3 is 0 Å². The van der Waals surface area contributed by atoms with Gasteiger partial charge in [-0.05, 0) is 36.2 Å². The Labute approximate surface area is 174 Å². The first-order chi connectivity index (χ1) is 14.4. The van der Waals surface area contributed by atoms with E-state index in [4.69, 9.17) is 10.5 Å². The molecule has 0 spiro atoms. The molecule has 0 saturated carbocycles. The minimum Gasteiger partial charge on any atom is -0.384 e. The SMILES string of the molecule is Nc1ccc(-c2ccc(-c3ccccc3S(=O)(=O)N3CC4CC3CO4)cc2F)cn1. The molecule has 2 fully saturated rings. The van der Waals surface area contributed by atoms with Crippen LogP contribution in [0.1, 0.15) is 6.42 Å². The van der Waals surface area contributed by atoms with Crippen LogP contribution in [0.3, 0.4) is 0 Å². The van der Waals surface area contributed by atoms with Gasteiger partial charge in [0.05, 0.1) is 23.6 Å². The van der Waals surface area contributed by atoms with E-state index in [-0.39, 0.29) is 17.0 Å². The summed E-state index contributed by atoms with van der Waals surface area (Å²) in [6, 6.07) is 14.6. The van der Waals surface area contributed by atoms with Crippen LogP contribution in [0.4, 0.5) is 10.2 Å². The standard InChI is InChI=1S/C22H20FN3O3S/c23-20-9-14(5-7-18(20)15-6-8-22(24)25-11-15)19-3-1-2-4-21(19)30(27,28)26-12-17-10-16(26)13-29-17/h1-9,11,16-17H,10,12-13H2,(H2,24,25). The average molecular weight is 425 g/mol. The third kappa shape index (κ3) is 3.17. The van der Waals surface area contributed by atoms with Crippen LogP contribution in [0.2, 0.25) is 0 Å². The van der Waals surface area contributed by atoms with Gasteiger partial charge in [0.1, 0.15) is 11.6 Å². The zero-order valence-corrected chi connectivity index (χ0v) is 16.8. The van der Waals surface area contributed by atoms with E-state index >= 15 is 0 Å². The third-order valence-electron chi connectivity index (χ3n) is 5.70. The molecule has 0 radical (unpaired) electrons. The number of hydrogen-bond acceptors (Lipinski definition) is 5. The van der Waals surface area contributed by atoms with E-state index in [0.717, 1.165) is 6.42 Å². The van der Waals surface area contributed by atoms with Crippen LogP contribution in [-0.2, 0) is 14.8 Å². The van der Waals surface area contributed by atoms with Crippen LogP contribution in [-0.4, -0.2) is 43.0 Å². The maximum Gasteiger partial charge on any atom is 0.244 e. The number of pyridine rings is 1. The van der Waals surface area contributed by atoms with Gasteiger partial charge in [0, 0.05) is 29.4 Å². The molecule has 154 valence electrons. The smallest absolute Gasteiger partial charge is 0.244 e. The van der Waals surface area contributed by atoms with Crippen molar-refractivity contribution in [2.24, 2.45) is 0 Å². The van der Waals surface area contributed by atoms with Crippen LogP contribution in [0.25, 0.3) is 22.3 Å². The van der Waals surface area contributed by atoms with E-state index in [0.29, 0.717) is 41.2 Å². The van der Waals surface area contributed by atoms with Crippen molar-refractivity contribution in [1.82, 2.24) is 9.29 Å². The Morgan fingerprint density at radius 1 is 1.07 bits per heavy atom. The van der Waals surface area contributed by atoms with Crippen molar-refractivity contribution in [3.63, 3.8) is 0 Å². The number of fused-ring (bicyclic) bond motifs is 2. The summed E-state index contributed by atoms with van der Waals surface area (Å²) in [6.45, 7) is 0.782. The van der Waals surface area contributed by atoms with Gasteiger partial charge in [-0.15, -0.1) is 0 Å². The number of sulfonamides is 1. The predicted octanol–water partition coefficient (Wildman–Crippen LogP) is 3.30. The molecule has 3 heterocycles. The predicted molar refractivity (Wildman–Crippen MR) is 112 cm³/mol. The second-order valence-corrected chi connectivity index (χ2v) is 9.44. The minimum atomic E-state index is -3.72. The topological polar surface area (TPSA) is 85.5 Å². The molecule has 3 aromatic rings. The first kappa shape index (κ1) is 19.2. The first-order valence-electron chi connectivity index (χ1n) is 9.68. The minimum absolute atomic E-state index is 0.0396. The highest BCUT2D eigenvalue weighted by molar-refractivity contribution is 7.89. The summed E-state index contributed by atoms with van der Waals surface area (Å²) in [7, 11) is -3.72. The lowest BCUT2D eigenvalue weighted by molar-refractivity contribution is 0.0608. The molecule has 2 atom stereocenters. The van der Waals surface area contributed by atoms with Gasteiger partial charge in [0.25, 0.3) is 0 Å². The molecule has 2 saturated heterocycles. The van der Waals surface area contributed by atoms with Crippen molar-refractivity contribution in [3.8, 4) is 22.3 Å². The van der Waals surface area contributed by atoms with Crippen molar-refractivity contribution >= 4 is 15.8 Å². The highest BCUT2D eigenvalue weighted by Gasteiger charge is 2.45. The summed E-state index contributed by atoms with van der Waals surface area (Å²) in [5.74, 6) is -0.101. The molecule has 1 aromatic heterocycles. The second-order valence-electron chi connectivity index (χ2n) is 7.58. The van der Waals surface area contributed by atoms with Gasteiger partial charge in [-0.1, -0.05) is 30.3 Å². The summed E-state index contributed by atoms with van der Waals surface area (Å²) in [6.07, 6.45) is 2.19. The van der Waals surface area contributed by atoms with Crippen molar-refractivity contribution in [2.75, 3.05) is 18.9 Å². The number of nitrogen functional groups attached to an aromatic ring is 1. The largest absolute Gasteiger partial charge is 0.384 e. The number of aromatic nitrogens is 1. The van der Waals surface area contributed by atoms with Gasteiger partial charge < -0.3 is 10.5 Å². The fourth-order valence-electron chi connectivity index (χ4n) is 4.20. The summed E-state index contributed by atoms with van der Waals surface area (Å²) in [5.41, 5.74) is 7.55. The number of morpholine rings is 1. The molecule has 2 N–H and O–H groups in total.